The normalized spacial score (nSPS) is 19.2. The van der Waals surface area contributed by atoms with Crippen molar-refractivity contribution in [2.24, 2.45) is 11.7 Å². The quantitative estimate of drug-likeness (QED) is 0.835. The monoisotopic (exact) mass is 275 g/mol. The molecule has 110 valence electrons. The standard InChI is InChI=1S/C16H25N3O/c1-13-4-2-5-15(10-13)18-16(20)6-3-8-19-9-7-14(11-17)12-19/h2,4-5,10,14H,3,6-9,11-12,17H2,1H3,(H,18,20). The third kappa shape index (κ3) is 4.62. The zero-order chi connectivity index (χ0) is 14.4. The molecule has 0 bridgehead atoms. The van der Waals surface area contributed by atoms with Crippen LogP contribution >= 0.6 is 0 Å². The zero-order valence-corrected chi connectivity index (χ0v) is 12.3. The predicted octanol–water partition coefficient (Wildman–Crippen LogP) is 1.99. The second-order valence-electron chi connectivity index (χ2n) is 5.71. The number of carbonyl (C=O) groups is 1. The number of nitrogens with zero attached hydrogens (tertiary/aromatic N) is 1. The van der Waals surface area contributed by atoms with E-state index in [9.17, 15) is 4.79 Å². The number of likely N-dealkylation sites (tertiary alicyclic amines) is 1. The van der Waals surface area contributed by atoms with Gasteiger partial charge in [-0.2, -0.15) is 0 Å². The highest BCUT2D eigenvalue weighted by Gasteiger charge is 2.20. The first-order valence-corrected chi connectivity index (χ1v) is 7.46. The SMILES string of the molecule is Cc1cccc(NC(=O)CCCN2CCC(CN)C2)c1. The number of nitrogens with two attached hydrogens (primary N) is 1. The van der Waals surface area contributed by atoms with E-state index < -0.39 is 0 Å². The Hall–Kier alpha value is -1.39. The molecule has 1 saturated heterocycles. The molecule has 1 aliphatic heterocycles. The number of anilines is 1. The Kier molecular flexibility index (Phi) is 5.56. The minimum Gasteiger partial charge on any atom is -0.330 e. The van der Waals surface area contributed by atoms with E-state index >= 15 is 0 Å². The number of rotatable bonds is 6. The lowest BCUT2D eigenvalue weighted by atomic mass is 10.1. The van der Waals surface area contributed by atoms with Crippen LogP contribution in [0.2, 0.25) is 0 Å². The van der Waals surface area contributed by atoms with Crippen LogP contribution in [0.3, 0.4) is 0 Å². The molecule has 0 aliphatic carbocycles. The molecule has 1 heterocycles. The fourth-order valence-electron chi connectivity index (χ4n) is 2.72. The molecule has 1 atom stereocenters. The van der Waals surface area contributed by atoms with Gasteiger partial charge in [-0.3, -0.25) is 4.79 Å². The predicted molar refractivity (Wildman–Crippen MR) is 82.6 cm³/mol. The van der Waals surface area contributed by atoms with E-state index in [-0.39, 0.29) is 5.91 Å². The summed E-state index contributed by atoms with van der Waals surface area (Å²) < 4.78 is 0. The number of aryl methyl sites for hydroxylation is 1. The third-order valence-electron chi connectivity index (χ3n) is 3.88. The van der Waals surface area contributed by atoms with Gasteiger partial charge in [0.05, 0.1) is 0 Å². The number of carbonyl (C=O) groups excluding carboxylic acids is 1. The van der Waals surface area contributed by atoms with Crippen molar-refractivity contribution in [3.63, 3.8) is 0 Å². The molecule has 1 fully saturated rings. The van der Waals surface area contributed by atoms with Gasteiger partial charge in [-0.15, -0.1) is 0 Å². The molecule has 0 radical (unpaired) electrons. The van der Waals surface area contributed by atoms with E-state index in [4.69, 9.17) is 5.73 Å². The molecule has 0 aromatic heterocycles. The lowest BCUT2D eigenvalue weighted by Crippen LogP contribution is -2.25. The van der Waals surface area contributed by atoms with Crippen LogP contribution in [0.25, 0.3) is 0 Å². The Bertz CT molecular complexity index is 447. The number of nitrogens with one attached hydrogen (secondary N) is 1. The maximum atomic E-state index is 11.9. The summed E-state index contributed by atoms with van der Waals surface area (Å²) in [7, 11) is 0. The van der Waals surface area contributed by atoms with E-state index in [1.807, 2.05) is 31.2 Å². The molecule has 1 unspecified atom stereocenters. The van der Waals surface area contributed by atoms with Crippen molar-refractivity contribution in [1.82, 2.24) is 4.90 Å². The molecule has 1 aromatic rings. The van der Waals surface area contributed by atoms with Crippen molar-refractivity contribution in [2.75, 3.05) is 31.5 Å². The lowest BCUT2D eigenvalue weighted by molar-refractivity contribution is -0.116. The van der Waals surface area contributed by atoms with E-state index in [1.165, 1.54) is 6.42 Å². The van der Waals surface area contributed by atoms with Crippen molar-refractivity contribution < 1.29 is 4.79 Å². The highest BCUT2D eigenvalue weighted by Crippen LogP contribution is 2.15. The molecule has 0 saturated carbocycles. The van der Waals surface area contributed by atoms with E-state index in [2.05, 4.69) is 10.2 Å². The average molecular weight is 275 g/mol. The van der Waals surface area contributed by atoms with Crippen LogP contribution in [0.4, 0.5) is 5.69 Å². The number of hydrogen-bond acceptors (Lipinski definition) is 3. The van der Waals surface area contributed by atoms with Crippen molar-refractivity contribution in [1.29, 1.82) is 0 Å². The van der Waals surface area contributed by atoms with Gasteiger partial charge in [-0.1, -0.05) is 12.1 Å². The number of benzene rings is 1. The van der Waals surface area contributed by atoms with Gasteiger partial charge < -0.3 is 16.0 Å². The van der Waals surface area contributed by atoms with Crippen molar-refractivity contribution in [2.45, 2.75) is 26.2 Å². The van der Waals surface area contributed by atoms with Crippen LogP contribution < -0.4 is 11.1 Å². The topological polar surface area (TPSA) is 58.4 Å². The first-order valence-electron chi connectivity index (χ1n) is 7.46. The summed E-state index contributed by atoms with van der Waals surface area (Å²) in [5.41, 5.74) is 7.73. The van der Waals surface area contributed by atoms with Gasteiger partial charge in [0.25, 0.3) is 0 Å². The minimum absolute atomic E-state index is 0.102. The molecule has 4 nitrogen and oxygen atoms in total. The summed E-state index contributed by atoms with van der Waals surface area (Å²) in [4.78, 5) is 14.3. The molecule has 1 aliphatic rings. The maximum Gasteiger partial charge on any atom is 0.224 e. The molecule has 1 aromatic carbocycles. The fourth-order valence-corrected chi connectivity index (χ4v) is 2.72. The average Bonchev–Trinajstić information content (AvgIpc) is 2.86. The van der Waals surface area contributed by atoms with Gasteiger partial charge in [0.15, 0.2) is 0 Å². The second-order valence-corrected chi connectivity index (χ2v) is 5.71. The van der Waals surface area contributed by atoms with Gasteiger partial charge in [0, 0.05) is 18.7 Å². The Balaban J connectivity index is 1.66. The first-order chi connectivity index (χ1) is 9.67. The largest absolute Gasteiger partial charge is 0.330 e. The molecular weight excluding hydrogens is 250 g/mol. The van der Waals surface area contributed by atoms with Gasteiger partial charge in [0.1, 0.15) is 0 Å². The summed E-state index contributed by atoms with van der Waals surface area (Å²) >= 11 is 0. The second kappa shape index (κ2) is 7.41. The fraction of sp³-hybridized carbons (Fsp3) is 0.562. The highest BCUT2D eigenvalue weighted by atomic mass is 16.1. The summed E-state index contributed by atoms with van der Waals surface area (Å²) in [6.07, 6.45) is 2.69. The molecule has 3 N–H and O–H groups in total. The number of amides is 1. The van der Waals surface area contributed by atoms with Crippen molar-refractivity contribution >= 4 is 11.6 Å². The Morgan fingerprint density at radius 1 is 1.50 bits per heavy atom. The van der Waals surface area contributed by atoms with Crippen LogP contribution in [0, 0.1) is 12.8 Å². The van der Waals surface area contributed by atoms with Gasteiger partial charge in [0.2, 0.25) is 5.91 Å². The van der Waals surface area contributed by atoms with E-state index in [1.54, 1.807) is 0 Å². The van der Waals surface area contributed by atoms with Crippen LogP contribution in [-0.4, -0.2) is 37.0 Å². The van der Waals surface area contributed by atoms with Gasteiger partial charge in [-0.05, 0) is 63.0 Å². The van der Waals surface area contributed by atoms with E-state index in [0.29, 0.717) is 12.3 Å². The van der Waals surface area contributed by atoms with Crippen LogP contribution in [0.15, 0.2) is 24.3 Å². The van der Waals surface area contributed by atoms with Crippen LogP contribution in [0.5, 0.6) is 0 Å². The van der Waals surface area contributed by atoms with Crippen LogP contribution in [-0.2, 0) is 4.79 Å². The Morgan fingerprint density at radius 3 is 3.05 bits per heavy atom. The molecule has 20 heavy (non-hydrogen) atoms. The third-order valence-corrected chi connectivity index (χ3v) is 3.88. The smallest absolute Gasteiger partial charge is 0.224 e. The molecule has 2 rings (SSSR count). The molecule has 1 amide bonds. The summed E-state index contributed by atoms with van der Waals surface area (Å²) in [5.74, 6) is 0.751. The molecular formula is C16H25N3O. The van der Waals surface area contributed by atoms with Crippen molar-refractivity contribution in [3.05, 3.63) is 29.8 Å². The maximum absolute atomic E-state index is 11.9. The zero-order valence-electron chi connectivity index (χ0n) is 12.3. The lowest BCUT2D eigenvalue weighted by Gasteiger charge is -2.15. The first kappa shape index (κ1) is 15.0. The van der Waals surface area contributed by atoms with Gasteiger partial charge >= 0.3 is 0 Å². The molecule has 4 heteroatoms. The van der Waals surface area contributed by atoms with Crippen molar-refractivity contribution in [3.8, 4) is 0 Å². The summed E-state index contributed by atoms with van der Waals surface area (Å²) in [6.45, 7) is 6.02. The highest BCUT2D eigenvalue weighted by molar-refractivity contribution is 5.90. The molecule has 0 spiro atoms. The van der Waals surface area contributed by atoms with Gasteiger partial charge in [-0.25, -0.2) is 0 Å². The Morgan fingerprint density at radius 2 is 2.35 bits per heavy atom. The van der Waals surface area contributed by atoms with E-state index in [0.717, 1.165) is 43.9 Å². The summed E-state index contributed by atoms with van der Waals surface area (Å²) in [5, 5.41) is 2.95. The number of hydrogen-bond donors (Lipinski definition) is 2. The van der Waals surface area contributed by atoms with Crippen LogP contribution in [0.1, 0.15) is 24.8 Å². The summed E-state index contributed by atoms with van der Waals surface area (Å²) in [6, 6.07) is 7.90. The minimum atomic E-state index is 0.102. The Labute approximate surface area is 121 Å².